The van der Waals surface area contributed by atoms with Crippen LogP contribution in [-0.4, -0.2) is 55.6 Å². The van der Waals surface area contributed by atoms with Crippen LogP contribution in [0.15, 0.2) is 24.3 Å². The van der Waals surface area contributed by atoms with Crippen LogP contribution in [0.25, 0.3) is 0 Å². The fourth-order valence-corrected chi connectivity index (χ4v) is 2.21. The Morgan fingerprint density at radius 3 is 2.73 bits per heavy atom. The standard InChI is InChI=1S/C15H20FN3O3/c1-11-9-19(6-7-22-11)10-15(21)17-8-14(20)18-13-4-2-12(16)3-5-13/h2-5,11H,6-10H2,1H3,(H,17,21)(H,18,20)/t11-/m0/s1. The lowest BCUT2D eigenvalue weighted by Gasteiger charge is -2.30. The molecule has 1 aliphatic heterocycles. The zero-order valence-electron chi connectivity index (χ0n) is 12.5. The van der Waals surface area contributed by atoms with Gasteiger partial charge >= 0.3 is 0 Å². The van der Waals surface area contributed by atoms with E-state index in [1.165, 1.54) is 24.3 Å². The van der Waals surface area contributed by atoms with Gasteiger partial charge in [-0.1, -0.05) is 0 Å². The van der Waals surface area contributed by atoms with Crippen molar-refractivity contribution < 1.29 is 18.7 Å². The van der Waals surface area contributed by atoms with Crippen molar-refractivity contribution in [2.24, 2.45) is 0 Å². The van der Waals surface area contributed by atoms with Crippen LogP contribution in [0.1, 0.15) is 6.92 Å². The van der Waals surface area contributed by atoms with Crippen LogP contribution >= 0.6 is 0 Å². The topological polar surface area (TPSA) is 70.7 Å². The monoisotopic (exact) mass is 309 g/mol. The Labute approximate surface area is 128 Å². The van der Waals surface area contributed by atoms with Gasteiger partial charge in [-0.25, -0.2) is 4.39 Å². The number of carbonyl (C=O) groups is 2. The molecule has 1 heterocycles. The van der Waals surface area contributed by atoms with E-state index in [4.69, 9.17) is 4.74 Å². The molecule has 0 aromatic heterocycles. The van der Waals surface area contributed by atoms with Gasteiger partial charge in [0.05, 0.1) is 25.8 Å². The van der Waals surface area contributed by atoms with Gasteiger partial charge in [-0.3, -0.25) is 14.5 Å². The second-order valence-corrected chi connectivity index (χ2v) is 5.25. The predicted octanol–water partition coefficient (Wildman–Crippen LogP) is 0.601. The molecule has 1 aliphatic rings. The van der Waals surface area contributed by atoms with Gasteiger partial charge in [0, 0.05) is 18.8 Å². The molecule has 1 fully saturated rings. The summed E-state index contributed by atoms with van der Waals surface area (Å²) in [6, 6.07) is 5.44. The van der Waals surface area contributed by atoms with Gasteiger partial charge in [-0.15, -0.1) is 0 Å². The number of halogens is 1. The first-order valence-electron chi connectivity index (χ1n) is 7.19. The van der Waals surface area contributed by atoms with Crippen LogP contribution in [0.5, 0.6) is 0 Å². The number of nitrogens with one attached hydrogen (secondary N) is 2. The summed E-state index contributed by atoms with van der Waals surface area (Å²) < 4.78 is 18.1. The molecule has 2 rings (SSSR count). The summed E-state index contributed by atoms with van der Waals surface area (Å²) in [5.74, 6) is -0.926. The van der Waals surface area contributed by atoms with Crippen molar-refractivity contribution in [2.45, 2.75) is 13.0 Å². The summed E-state index contributed by atoms with van der Waals surface area (Å²) in [6.45, 7) is 4.11. The molecule has 0 saturated carbocycles. The minimum atomic E-state index is -0.369. The van der Waals surface area contributed by atoms with Gasteiger partial charge < -0.3 is 15.4 Å². The lowest BCUT2D eigenvalue weighted by molar-refractivity contribution is -0.126. The molecule has 0 unspecified atom stereocenters. The van der Waals surface area contributed by atoms with Crippen LogP contribution in [0.2, 0.25) is 0 Å². The molecule has 1 atom stereocenters. The fraction of sp³-hybridized carbons (Fsp3) is 0.467. The second-order valence-electron chi connectivity index (χ2n) is 5.25. The third-order valence-corrected chi connectivity index (χ3v) is 3.27. The fourth-order valence-electron chi connectivity index (χ4n) is 2.21. The summed E-state index contributed by atoms with van der Waals surface area (Å²) in [6.07, 6.45) is 0.114. The number of anilines is 1. The first-order chi connectivity index (χ1) is 10.5. The highest BCUT2D eigenvalue weighted by Crippen LogP contribution is 2.07. The maximum Gasteiger partial charge on any atom is 0.243 e. The molecule has 6 nitrogen and oxygen atoms in total. The van der Waals surface area contributed by atoms with Crippen molar-refractivity contribution in [1.29, 1.82) is 0 Å². The maximum absolute atomic E-state index is 12.7. The average Bonchev–Trinajstić information content (AvgIpc) is 2.48. The molecule has 2 N–H and O–H groups in total. The first-order valence-corrected chi connectivity index (χ1v) is 7.19. The van der Waals surface area contributed by atoms with Crippen molar-refractivity contribution >= 4 is 17.5 Å². The van der Waals surface area contributed by atoms with Gasteiger partial charge in [-0.05, 0) is 31.2 Å². The van der Waals surface area contributed by atoms with E-state index in [1.54, 1.807) is 0 Å². The van der Waals surface area contributed by atoms with E-state index in [9.17, 15) is 14.0 Å². The van der Waals surface area contributed by atoms with Crippen molar-refractivity contribution in [3.63, 3.8) is 0 Å². The lowest BCUT2D eigenvalue weighted by Crippen LogP contribution is -2.47. The van der Waals surface area contributed by atoms with Crippen molar-refractivity contribution in [3.05, 3.63) is 30.1 Å². The van der Waals surface area contributed by atoms with E-state index >= 15 is 0 Å². The first kappa shape index (κ1) is 16.4. The Morgan fingerprint density at radius 1 is 1.32 bits per heavy atom. The minimum absolute atomic E-state index is 0.114. The van der Waals surface area contributed by atoms with Gasteiger partial charge in [0.1, 0.15) is 5.82 Å². The molecule has 1 aromatic carbocycles. The smallest absolute Gasteiger partial charge is 0.243 e. The molecule has 0 bridgehead atoms. The molecule has 7 heteroatoms. The number of hydrogen-bond acceptors (Lipinski definition) is 4. The van der Waals surface area contributed by atoms with Gasteiger partial charge in [0.25, 0.3) is 0 Å². The normalized spacial score (nSPS) is 18.7. The Kier molecular flexibility index (Phi) is 5.85. The molecular formula is C15H20FN3O3. The number of nitrogens with zero attached hydrogens (tertiary/aromatic N) is 1. The third-order valence-electron chi connectivity index (χ3n) is 3.27. The zero-order valence-corrected chi connectivity index (χ0v) is 12.5. The second kappa shape index (κ2) is 7.86. The van der Waals surface area contributed by atoms with Gasteiger partial charge in [0.2, 0.25) is 11.8 Å². The number of carbonyl (C=O) groups excluding carboxylic acids is 2. The van der Waals surface area contributed by atoms with E-state index in [0.29, 0.717) is 25.4 Å². The molecule has 0 aliphatic carbocycles. The quantitative estimate of drug-likeness (QED) is 0.836. The number of hydrogen-bond donors (Lipinski definition) is 2. The van der Waals surface area contributed by atoms with Crippen molar-refractivity contribution in [3.8, 4) is 0 Å². The molecule has 0 spiro atoms. The van der Waals surface area contributed by atoms with E-state index in [0.717, 1.165) is 0 Å². The Hall–Kier alpha value is -1.99. The number of ether oxygens (including phenoxy) is 1. The van der Waals surface area contributed by atoms with Gasteiger partial charge in [0.15, 0.2) is 0 Å². The molecule has 1 saturated heterocycles. The number of rotatable bonds is 5. The molecule has 22 heavy (non-hydrogen) atoms. The molecule has 120 valence electrons. The minimum Gasteiger partial charge on any atom is -0.376 e. The highest BCUT2D eigenvalue weighted by Gasteiger charge is 2.19. The van der Waals surface area contributed by atoms with Crippen LogP contribution < -0.4 is 10.6 Å². The third kappa shape index (κ3) is 5.42. The summed E-state index contributed by atoms with van der Waals surface area (Å²) >= 11 is 0. The van der Waals surface area contributed by atoms with Crippen LogP contribution in [0.4, 0.5) is 10.1 Å². The maximum atomic E-state index is 12.7. The molecule has 0 radical (unpaired) electrons. The highest BCUT2D eigenvalue weighted by atomic mass is 19.1. The zero-order chi connectivity index (χ0) is 15.9. The summed E-state index contributed by atoms with van der Waals surface area (Å²) in [4.78, 5) is 25.5. The van der Waals surface area contributed by atoms with Crippen LogP contribution in [0.3, 0.4) is 0 Å². The van der Waals surface area contributed by atoms with Crippen LogP contribution in [0, 0.1) is 5.82 Å². The van der Waals surface area contributed by atoms with Crippen molar-refractivity contribution in [1.82, 2.24) is 10.2 Å². The number of benzene rings is 1. The summed E-state index contributed by atoms with van der Waals surface area (Å²) in [5, 5.41) is 5.15. The molecule has 1 aromatic rings. The van der Waals surface area contributed by atoms with Crippen molar-refractivity contribution in [2.75, 3.05) is 38.1 Å². The number of amides is 2. The Bertz CT molecular complexity index is 521. The van der Waals surface area contributed by atoms with E-state index < -0.39 is 0 Å². The number of morpholine rings is 1. The summed E-state index contributed by atoms with van der Waals surface area (Å²) in [5.41, 5.74) is 0.489. The molecule has 2 amide bonds. The summed E-state index contributed by atoms with van der Waals surface area (Å²) in [7, 11) is 0. The Balaban J connectivity index is 1.69. The highest BCUT2D eigenvalue weighted by molar-refractivity contribution is 5.94. The largest absolute Gasteiger partial charge is 0.376 e. The average molecular weight is 309 g/mol. The SMILES string of the molecule is C[C@H]1CN(CC(=O)NCC(=O)Nc2ccc(F)cc2)CCO1. The van der Waals surface area contributed by atoms with E-state index in [-0.39, 0.29) is 36.8 Å². The molecular weight excluding hydrogens is 289 g/mol. The van der Waals surface area contributed by atoms with Gasteiger partial charge in [-0.2, -0.15) is 0 Å². The predicted molar refractivity (Wildman–Crippen MR) is 79.9 cm³/mol. The van der Waals surface area contributed by atoms with E-state index in [1.807, 2.05) is 11.8 Å². The van der Waals surface area contributed by atoms with Crippen LogP contribution in [-0.2, 0) is 14.3 Å². The van der Waals surface area contributed by atoms with E-state index in [2.05, 4.69) is 10.6 Å². The Morgan fingerprint density at radius 2 is 2.05 bits per heavy atom. The lowest BCUT2D eigenvalue weighted by atomic mass is 10.3.